The zero-order valence-corrected chi connectivity index (χ0v) is 17.8. The standard InChI is InChI=1S/C18H31O5PSi/c1-8-14-12-16-10-11-17(22-24(19,20-14)21-16)13-15(9-2)23-25(6,7)18(3,4)5/h8-11,14-17H,1-2,12-13H2,3-7H3/t14-,15-,16-,17-,24?/m0/s1. The molecule has 2 bridgehead atoms. The SMILES string of the molecule is C=C[C@@H](C[C@@H]1C=C[C@H]2C[C@H](C=C)OP(=O)(O1)O2)O[Si](C)(C)C(C)(C)C. The number of hydrogen-bond acceptors (Lipinski definition) is 5. The Morgan fingerprint density at radius 1 is 1.28 bits per heavy atom. The molecular formula is C18H31O5PSi. The molecule has 0 radical (unpaired) electrons. The maximum Gasteiger partial charge on any atom is 0.476 e. The molecule has 0 N–H and O–H groups in total. The summed E-state index contributed by atoms with van der Waals surface area (Å²) in [4.78, 5) is 0. The van der Waals surface area contributed by atoms with Crippen molar-refractivity contribution in [2.24, 2.45) is 0 Å². The van der Waals surface area contributed by atoms with Crippen molar-refractivity contribution in [1.29, 1.82) is 0 Å². The molecule has 142 valence electrons. The highest BCUT2D eigenvalue weighted by molar-refractivity contribution is 7.48. The van der Waals surface area contributed by atoms with Crippen LogP contribution < -0.4 is 0 Å². The van der Waals surface area contributed by atoms with E-state index in [1.54, 1.807) is 12.2 Å². The summed E-state index contributed by atoms with van der Waals surface area (Å²) in [5.74, 6) is 0. The summed E-state index contributed by atoms with van der Waals surface area (Å²) >= 11 is 0. The van der Waals surface area contributed by atoms with Gasteiger partial charge in [0.05, 0.1) is 24.4 Å². The van der Waals surface area contributed by atoms with E-state index in [0.717, 1.165) is 0 Å². The topological polar surface area (TPSA) is 54.0 Å². The second kappa shape index (κ2) is 7.63. The maximum absolute atomic E-state index is 12.8. The van der Waals surface area contributed by atoms with Crippen LogP contribution in [0.1, 0.15) is 33.6 Å². The summed E-state index contributed by atoms with van der Waals surface area (Å²) in [7, 11) is -5.54. The van der Waals surface area contributed by atoms with E-state index in [9.17, 15) is 4.57 Å². The minimum absolute atomic E-state index is 0.0983. The average molecular weight is 387 g/mol. The fourth-order valence-electron chi connectivity index (χ4n) is 2.52. The fraction of sp³-hybridized carbons (Fsp3) is 0.667. The van der Waals surface area contributed by atoms with Crippen molar-refractivity contribution in [2.45, 2.75) is 76.2 Å². The first-order valence-corrected chi connectivity index (χ1v) is 13.1. The molecule has 5 nitrogen and oxygen atoms in total. The predicted molar refractivity (Wildman–Crippen MR) is 103 cm³/mol. The van der Waals surface area contributed by atoms with Crippen LogP contribution in [0.4, 0.5) is 0 Å². The van der Waals surface area contributed by atoms with Crippen LogP contribution in [0.3, 0.4) is 0 Å². The Kier molecular flexibility index (Phi) is 6.35. The normalized spacial score (nSPS) is 34.2. The molecule has 0 aromatic rings. The third-order valence-corrected chi connectivity index (χ3v) is 11.1. The van der Waals surface area contributed by atoms with E-state index in [2.05, 4.69) is 47.0 Å². The lowest BCUT2D eigenvalue weighted by atomic mass is 10.1. The van der Waals surface area contributed by atoms with Crippen molar-refractivity contribution in [1.82, 2.24) is 0 Å². The molecule has 0 aromatic heterocycles. The predicted octanol–water partition coefficient (Wildman–Crippen LogP) is 5.38. The van der Waals surface area contributed by atoms with Crippen LogP contribution in [0.25, 0.3) is 0 Å². The fourth-order valence-corrected chi connectivity index (χ4v) is 5.45. The molecule has 1 unspecified atom stereocenters. The van der Waals surface area contributed by atoms with Gasteiger partial charge in [0.25, 0.3) is 0 Å². The maximum atomic E-state index is 12.8. The van der Waals surface area contributed by atoms with E-state index in [-0.39, 0.29) is 23.4 Å². The molecule has 2 rings (SSSR count). The minimum atomic E-state index is -3.60. The van der Waals surface area contributed by atoms with Gasteiger partial charge >= 0.3 is 7.82 Å². The molecule has 1 saturated heterocycles. The number of fused-ring (bicyclic) bond motifs is 2. The van der Waals surface area contributed by atoms with Gasteiger partial charge in [-0.1, -0.05) is 45.1 Å². The molecule has 0 amide bonds. The number of hydrogen-bond donors (Lipinski definition) is 0. The van der Waals surface area contributed by atoms with E-state index in [1.807, 2.05) is 12.2 Å². The Balaban J connectivity index is 2.09. The second-order valence-electron chi connectivity index (χ2n) is 8.12. The van der Waals surface area contributed by atoms with Crippen molar-refractivity contribution in [2.75, 3.05) is 0 Å². The highest BCUT2D eigenvalue weighted by Crippen LogP contribution is 2.58. The first-order valence-electron chi connectivity index (χ1n) is 8.74. The van der Waals surface area contributed by atoms with Gasteiger partial charge < -0.3 is 4.43 Å². The van der Waals surface area contributed by atoms with Gasteiger partial charge in [-0.05, 0) is 18.1 Å². The molecule has 1 fully saturated rings. The highest BCUT2D eigenvalue weighted by Gasteiger charge is 2.43. The number of phosphoric ester groups is 1. The third-order valence-electron chi connectivity index (χ3n) is 5.04. The summed E-state index contributed by atoms with van der Waals surface area (Å²) in [5, 5.41) is 0.0983. The molecule has 5 atom stereocenters. The van der Waals surface area contributed by atoms with Gasteiger partial charge in [0, 0.05) is 12.8 Å². The van der Waals surface area contributed by atoms with E-state index in [4.69, 9.17) is 18.0 Å². The highest BCUT2D eigenvalue weighted by atomic mass is 31.2. The quantitative estimate of drug-likeness (QED) is 0.349. The van der Waals surface area contributed by atoms with E-state index >= 15 is 0 Å². The summed E-state index contributed by atoms with van der Waals surface area (Å²) < 4.78 is 35.8. The molecule has 0 saturated carbocycles. The van der Waals surface area contributed by atoms with Gasteiger partial charge in [-0.15, -0.1) is 13.2 Å². The monoisotopic (exact) mass is 386 g/mol. The van der Waals surface area contributed by atoms with Gasteiger partial charge in [0.15, 0.2) is 8.32 Å². The lowest BCUT2D eigenvalue weighted by Crippen LogP contribution is -2.44. The Morgan fingerprint density at radius 3 is 2.52 bits per heavy atom. The Bertz CT molecular complexity index is 581. The molecular weight excluding hydrogens is 355 g/mol. The molecule has 0 aliphatic carbocycles. The zero-order chi connectivity index (χ0) is 18.9. The molecule has 2 heterocycles. The lowest BCUT2D eigenvalue weighted by Gasteiger charge is -2.39. The Labute approximate surface area is 152 Å². The Morgan fingerprint density at radius 2 is 1.96 bits per heavy atom. The van der Waals surface area contributed by atoms with E-state index in [0.29, 0.717) is 12.8 Å². The van der Waals surface area contributed by atoms with Crippen molar-refractivity contribution >= 4 is 16.1 Å². The van der Waals surface area contributed by atoms with Crippen LogP contribution in [0, 0.1) is 0 Å². The van der Waals surface area contributed by atoms with Gasteiger partial charge in [-0.25, -0.2) is 4.57 Å². The van der Waals surface area contributed by atoms with Crippen molar-refractivity contribution in [3.05, 3.63) is 37.5 Å². The van der Waals surface area contributed by atoms with Crippen LogP contribution in [0.5, 0.6) is 0 Å². The van der Waals surface area contributed by atoms with Crippen molar-refractivity contribution in [3.8, 4) is 0 Å². The zero-order valence-electron chi connectivity index (χ0n) is 15.9. The molecule has 7 heteroatoms. The third kappa shape index (κ3) is 5.25. The van der Waals surface area contributed by atoms with Crippen LogP contribution in [0.15, 0.2) is 37.5 Å². The van der Waals surface area contributed by atoms with Crippen LogP contribution >= 0.6 is 7.82 Å². The molecule has 0 spiro atoms. The largest absolute Gasteiger partial charge is 0.476 e. The average Bonchev–Trinajstić information content (AvgIpc) is 2.60. The van der Waals surface area contributed by atoms with Crippen LogP contribution in [-0.4, -0.2) is 32.7 Å². The van der Waals surface area contributed by atoms with E-state index < -0.39 is 22.2 Å². The molecule has 2 aliphatic rings. The lowest BCUT2D eigenvalue weighted by molar-refractivity contribution is 0.0154. The second-order valence-corrected chi connectivity index (χ2v) is 14.4. The molecule has 2 aliphatic heterocycles. The first kappa shape index (κ1) is 20.8. The summed E-state index contributed by atoms with van der Waals surface area (Å²) in [6.07, 6.45) is 7.12. The van der Waals surface area contributed by atoms with Gasteiger partial charge in [0.2, 0.25) is 0 Å². The summed E-state index contributed by atoms with van der Waals surface area (Å²) in [6.45, 7) is 18.6. The smallest absolute Gasteiger partial charge is 0.410 e. The van der Waals surface area contributed by atoms with Crippen molar-refractivity contribution < 1.29 is 22.6 Å². The van der Waals surface area contributed by atoms with Crippen LogP contribution in [-0.2, 0) is 22.6 Å². The minimum Gasteiger partial charge on any atom is -0.410 e. The Hall–Kier alpha value is -0.493. The summed E-state index contributed by atoms with van der Waals surface area (Å²) in [6, 6.07) is 0. The molecule has 25 heavy (non-hydrogen) atoms. The summed E-state index contributed by atoms with van der Waals surface area (Å²) in [5.41, 5.74) is 0. The number of phosphoric acid groups is 1. The van der Waals surface area contributed by atoms with Gasteiger partial charge in [0.1, 0.15) is 0 Å². The van der Waals surface area contributed by atoms with Crippen molar-refractivity contribution in [3.63, 3.8) is 0 Å². The van der Waals surface area contributed by atoms with Gasteiger partial charge in [-0.2, -0.15) is 0 Å². The van der Waals surface area contributed by atoms with Crippen LogP contribution in [0.2, 0.25) is 18.1 Å². The number of rotatable bonds is 6. The van der Waals surface area contributed by atoms with E-state index in [1.165, 1.54) is 0 Å². The molecule has 0 aromatic carbocycles. The van der Waals surface area contributed by atoms with Gasteiger partial charge in [-0.3, -0.25) is 13.6 Å². The first-order chi connectivity index (χ1) is 11.5.